The van der Waals surface area contributed by atoms with Crippen LogP contribution in [0.25, 0.3) is 0 Å². The molecule has 0 aromatic heterocycles. The normalized spacial score (nSPS) is 21.0. The molecule has 2 aromatic carbocycles. The molecule has 0 amide bonds. The highest BCUT2D eigenvalue weighted by atomic mass is 32.2. The minimum absolute atomic E-state index is 0.0703. The molecule has 1 heterocycles. The predicted molar refractivity (Wildman–Crippen MR) is 105 cm³/mol. The zero-order valence-corrected chi connectivity index (χ0v) is 17.8. The van der Waals surface area contributed by atoms with Gasteiger partial charge in [0.05, 0.1) is 30.1 Å². The Morgan fingerprint density at radius 2 is 1.53 bits per heavy atom. The maximum atomic E-state index is 13.1. The van der Waals surface area contributed by atoms with Crippen LogP contribution < -0.4 is 0 Å². The number of halogens is 6. The lowest BCUT2D eigenvalue weighted by molar-refractivity contribution is -0.143. The topological polar surface area (TPSA) is 46.6 Å². The van der Waals surface area contributed by atoms with Crippen LogP contribution in [0.2, 0.25) is 0 Å². The highest BCUT2D eigenvalue weighted by Crippen LogP contribution is 2.37. The van der Waals surface area contributed by atoms with E-state index in [9.17, 15) is 34.8 Å². The van der Waals surface area contributed by atoms with Crippen molar-refractivity contribution < 1.29 is 39.5 Å². The summed E-state index contributed by atoms with van der Waals surface area (Å²) in [4.78, 5) is 0. The van der Waals surface area contributed by atoms with Crippen molar-refractivity contribution in [3.8, 4) is 0 Å². The Morgan fingerprint density at radius 3 is 2.03 bits per heavy atom. The highest BCUT2D eigenvalue weighted by Gasteiger charge is 2.38. The number of rotatable bonds is 5. The number of nitrogens with zero attached hydrogens (tertiary/aromatic N) is 1. The second-order valence-corrected chi connectivity index (χ2v) is 9.67. The molecule has 2 atom stereocenters. The lowest BCUT2D eigenvalue weighted by Crippen LogP contribution is -2.45. The van der Waals surface area contributed by atoms with Crippen molar-refractivity contribution in [2.24, 2.45) is 0 Å². The second-order valence-electron chi connectivity index (χ2n) is 7.69. The number of ether oxygens (including phenoxy) is 1. The number of hydrogen-bond donors (Lipinski definition) is 0. The van der Waals surface area contributed by atoms with Gasteiger partial charge in [0, 0.05) is 19.0 Å². The van der Waals surface area contributed by atoms with Gasteiger partial charge in [-0.2, -0.15) is 26.3 Å². The van der Waals surface area contributed by atoms with Gasteiger partial charge in [-0.25, -0.2) is 12.7 Å². The van der Waals surface area contributed by atoms with Gasteiger partial charge >= 0.3 is 12.4 Å². The minimum atomic E-state index is -4.94. The smallest absolute Gasteiger partial charge is 0.373 e. The molecule has 4 nitrogen and oxygen atoms in total. The predicted octanol–water partition coefficient (Wildman–Crippen LogP) is 5.06. The molecule has 0 bridgehead atoms. The van der Waals surface area contributed by atoms with Crippen LogP contribution in [0.15, 0.2) is 48.5 Å². The highest BCUT2D eigenvalue weighted by molar-refractivity contribution is 7.88. The second kappa shape index (κ2) is 9.03. The molecule has 2 aromatic rings. The molecule has 32 heavy (non-hydrogen) atoms. The van der Waals surface area contributed by atoms with Crippen LogP contribution in [0.5, 0.6) is 0 Å². The Morgan fingerprint density at radius 1 is 0.969 bits per heavy atom. The zero-order chi connectivity index (χ0) is 23.7. The third-order valence-electron chi connectivity index (χ3n) is 5.32. The van der Waals surface area contributed by atoms with E-state index in [0.29, 0.717) is 12.1 Å². The lowest BCUT2D eigenvalue weighted by Gasteiger charge is -2.37. The summed E-state index contributed by atoms with van der Waals surface area (Å²) >= 11 is 0. The zero-order valence-electron chi connectivity index (χ0n) is 16.9. The SMILES string of the molecule is CS(=O)(=O)N1CC[C@H](OCc2cc(C(F)(F)F)cc(C(F)(F)F)c2)[C@H](c2ccccc2)C1. The van der Waals surface area contributed by atoms with Crippen LogP contribution in [0.4, 0.5) is 26.3 Å². The molecule has 3 rings (SSSR count). The Bertz CT molecular complexity index is 1010. The van der Waals surface area contributed by atoms with E-state index in [1.807, 2.05) is 0 Å². The standard InChI is InChI=1S/C21H21F6NO3S/c1-32(29,30)28-8-7-19(18(12-28)15-5-3-2-4-6-15)31-13-14-9-16(20(22,23)24)11-17(10-14)21(25,26)27/h2-6,9-11,18-19H,7-8,12-13H2,1H3/t18-,19-/m0/s1. The van der Waals surface area contributed by atoms with Gasteiger partial charge in [-0.1, -0.05) is 30.3 Å². The van der Waals surface area contributed by atoms with Crippen molar-refractivity contribution in [2.45, 2.75) is 37.4 Å². The van der Waals surface area contributed by atoms with Crippen molar-refractivity contribution in [1.82, 2.24) is 4.31 Å². The summed E-state index contributed by atoms with van der Waals surface area (Å²) in [6.45, 7) is -0.229. The lowest BCUT2D eigenvalue weighted by atomic mass is 9.89. The molecule has 0 spiro atoms. The van der Waals surface area contributed by atoms with Gasteiger partial charge in [0.1, 0.15) is 0 Å². The summed E-state index contributed by atoms with van der Waals surface area (Å²) in [5.41, 5.74) is -2.30. The first-order chi connectivity index (χ1) is 14.7. The number of sulfonamides is 1. The molecule has 11 heteroatoms. The van der Waals surface area contributed by atoms with Gasteiger partial charge < -0.3 is 4.74 Å². The quantitative estimate of drug-likeness (QED) is 0.561. The van der Waals surface area contributed by atoms with Gasteiger partial charge in [-0.15, -0.1) is 0 Å². The van der Waals surface area contributed by atoms with Crippen molar-refractivity contribution in [3.63, 3.8) is 0 Å². The first kappa shape index (κ1) is 24.5. The summed E-state index contributed by atoms with van der Waals surface area (Å²) in [6.07, 6.45) is -9.14. The molecule has 1 fully saturated rings. The van der Waals surface area contributed by atoms with E-state index in [2.05, 4.69) is 0 Å². The monoisotopic (exact) mass is 481 g/mol. The number of hydrogen-bond acceptors (Lipinski definition) is 3. The average Bonchev–Trinajstić information content (AvgIpc) is 2.70. The summed E-state index contributed by atoms with van der Waals surface area (Å²) in [5, 5.41) is 0. The van der Waals surface area contributed by atoms with E-state index in [-0.39, 0.29) is 31.1 Å². The Labute approximate surface area is 181 Å². The van der Waals surface area contributed by atoms with E-state index in [0.717, 1.165) is 11.8 Å². The van der Waals surface area contributed by atoms with E-state index in [1.54, 1.807) is 30.3 Å². The van der Waals surface area contributed by atoms with Gasteiger partial charge in [-0.05, 0) is 35.7 Å². The minimum Gasteiger partial charge on any atom is -0.373 e. The average molecular weight is 481 g/mol. The van der Waals surface area contributed by atoms with Gasteiger partial charge in [0.2, 0.25) is 10.0 Å². The molecule has 1 aliphatic rings. The molecular formula is C21H21F6NO3S. The van der Waals surface area contributed by atoms with Gasteiger partial charge in [0.15, 0.2) is 0 Å². The van der Waals surface area contributed by atoms with Crippen molar-refractivity contribution >= 4 is 10.0 Å². The van der Waals surface area contributed by atoms with E-state index < -0.39 is 52.1 Å². The van der Waals surface area contributed by atoms with Crippen molar-refractivity contribution in [3.05, 3.63) is 70.8 Å². The largest absolute Gasteiger partial charge is 0.416 e. The van der Waals surface area contributed by atoms with Gasteiger partial charge in [0.25, 0.3) is 0 Å². The van der Waals surface area contributed by atoms with Crippen LogP contribution in [0.1, 0.15) is 34.6 Å². The van der Waals surface area contributed by atoms with E-state index in [1.165, 1.54) is 4.31 Å². The molecule has 0 aliphatic carbocycles. The fourth-order valence-corrected chi connectivity index (χ4v) is 4.60. The van der Waals surface area contributed by atoms with Crippen LogP contribution in [0, 0.1) is 0 Å². The third-order valence-corrected chi connectivity index (χ3v) is 6.59. The third kappa shape index (κ3) is 6.02. The van der Waals surface area contributed by atoms with Crippen molar-refractivity contribution in [2.75, 3.05) is 19.3 Å². The summed E-state index contributed by atoms with van der Waals surface area (Å²) in [7, 11) is -3.47. The Hall–Kier alpha value is -2.11. The molecule has 0 N–H and O–H groups in total. The molecular weight excluding hydrogens is 460 g/mol. The maximum absolute atomic E-state index is 13.1. The fraction of sp³-hybridized carbons (Fsp3) is 0.429. The Kier molecular flexibility index (Phi) is 6.92. The van der Waals surface area contributed by atoms with Gasteiger partial charge in [-0.3, -0.25) is 0 Å². The van der Waals surface area contributed by atoms with E-state index >= 15 is 0 Å². The van der Waals surface area contributed by atoms with Crippen molar-refractivity contribution in [1.29, 1.82) is 0 Å². The molecule has 0 unspecified atom stereocenters. The first-order valence-corrected chi connectivity index (χ1v) is 11.5. The maximum Gasteiger partial charge on any atom is 0.416 e. The number of piperidine rings is 1. The summed E-state index contributed by atoms with van der Waals surface area (Å²) in [5.74, 6) is -0.424. The van der Waals surface area contributed by atoms with Crippen LogP contribution in [0.3, 0.4) is 0 Å². The van der Waals surface area contributed by atoms with Crippen LogP contribution in [-0.2, 0) is 33.7 Å². The van der Waals surface area contributed by atoms with Crippen LogP contribution in [-0.4, -0.2) is 38.2 Å². The summed E-state index contributed by atoms with van der Waals surface area (Å²) < 4.78 is 110. The first-order valence-electron chi connectivity index (χ1n) is 9.65. The molecule has 1 saturated heterocycles. The number of alkyl halides is 6. The van der Waals surface area contributed by atoms with Crippen LogP contribution >= 0.6 is 0 Å². The molecule has 0 radical (unpaired) electrons. The summed E-state index contributed by atoms with van der Waals surface area (Å²) in [6, 6.07) is 10.2. The number of benzene rings is 2. The molecule has 1 aliphatic heterocycles. The molecule has 176 valence electrons. The molecule has 0 saturated carbocycles. The Balaban J connectivity index is 1.86. The fourth-order valence-electron chi connectivity index (χ4n) is 3.73. The van der Waals surface area contributed by atoms with E-state index in [4.69, 9.17) is 4.74 Å².